The van der Waals surface area contributed by atoms with Gasteiger partial charge >= 0.3 is 0 Å². The highest BCUT2D eigenvalue weighted by molar-refractivity contribution is 8.01. The molecule has 0 saturated carbocycles. The third kappa shape index (κ3) is 4.19. The first kappa shape index (κ1) is 19.1. The lowest BCUT2D eigenvalue weighted by Crippen LogP contribution is -2.35. The first-order valence-electron chi connectivity index (χ1n) is 8.54. The number of thioether (sulfide) groups is 1. The largest absolute Gasteiger partial charge is 0.493 e. The van der Waals surface area contributed by atoms with Gasteiger partial charge in [-0.2, -0.15) is 0 Å². The van der Waals surface area contributed by atoms with Gasteiger partial charge in [0.05, 0.1) is 25.2 Å². The van der Waals surface area contributed by atoms with Gasteiger partial charge in [0.2, 0.25) is 11.8 Å². The fourth-order valence-electron chi connectivity index (χ4n) is 2.96. The van der Waals surface area contributed by atoms with Gasteiger partial charge in [0, 0.05) is 30.5 Å². The number of anilines is 1. The second-order valence-electron chi connectivity index (χ2n) is 6.20. The van der Waals surface area contributed by atoms with Gasteiger partial charge in [0.25, 0.3) is 0 Å². The van der Waals surface area contributed by atoms with Crippen LogP contribution in [0.4, 0.5) is 5.69 Å². The van der Waals surface area contributed by atoms with E-state index in [0.717, 1.165) is 16.1 Å². The number of hydrogen-bond acceptors (Lipinski definition) is 5. The number of hydrogen-bond donors (Lipinski definition) is 1. The fourth-order valence-corrected chi connectivity index (χ4v) is 4.06. The SMILES string of the molecule is COc1cccc(CN(C)C(=O)C[C@@H]2Sc3ccccc3NC2=O)c1OC. The average Bonchev–Trinajstić information content (AvgIpc) is 2.68. The lowest BCUT2D eigenvalue weighted by Gasteiger charge is -2.26. The standard InChI is InChI=1S/C20H22N2O4S/c1-22(12-13-7-6-9-15(25-2)19(13)26-3)18(23)11-17-20(24)21-14-8-4-5-10-16(14)27-17/h4-10,17H,11-12H2,1-3H3,(H,21,24)/t17-/m0/s1. The van der Waals surface area contributed by atoms with E-state index in [4.69, 9.17) is 9.47 Å². The van der Waals surface area contributed by atoms with Crippen molar-refractivity contribution in [3.8, 4) is 11.5 Å². The highest BCUT2D eigenvalue weighted by Crippen LogP contribution is 2.37. The monoisotopic (exact) mass is 386 g/mol. The predicted molar refractivity (Wildman–Crippen MR) is 105 cm³/mol. The summed E-state index contributed by atoms with van der Waals surface area (Å²) in [7, 11) is 4.87. The van der Waals surface area contributed by atoms with Gasteiger partial charge in [-0.3, -0.25) is 9.59 Å². The van der Waals surface area contributed by atoms with E-state index in [1.54, 1.807) is 26.2 Å². The first-order valence-corrected chi connectivity index (χ1v) is 9.41. The van der Waals surface area contributed by atoms with Crippen LogP contribution in [0.1, 0.15) is 12.0 Å². The Hall–Kier alpha value is -2.67. The minimum Gasteiger partial charge on any atom is -0.493 e. The molecule has 3 rings (SSSR count). The summed E-state index contributed by atoms with van der Waals surface area (Å²) in [5, 5.41) is 2.43. The summed E-state index contributed by atoms with van der Waals surface area (Å²) in [4.78, 5) is 27.6. The highest BCUT2D eigenvalue weighted by Gasteiger charge is 2.30. The van der Waals surface area contributed by atoms with Crippen LogP contribution >= 0.6 is 11.8 Å². The number of fused-ring (bicyclic) bond motifs is 1. The number of rotatable bonds is 6. The average molecular weight is 386 g/mol. The van der Waals surface area contributed by atoms with Crippen LogP contribution in [-0.4, -0.2) is 43.2 Å². The van der Waals surface area contributed by atoms with Crippen molar-refractivity contribution in [2.75, 3.05) is 26.6 Å². The summed E-state index contributed by atoms with van der Waals surface area (Å²) in [6.45, 7) is 0.370. The summed E-state index contributed by atoms with van der Waals surface area (Å²) in [6.07, 6.45) is 0.133. The van der Waals surface area contributed by atoms with Crippen LogP contribution in [0.2, 0.25) is 0 Å². The third-order valence-corrected chi connectivity index (χ3v) is 5.66. The van der Waals surface area contributed by atoms with E-state index in [-0.39, 0.29) is 18.2 Å². The van der Waals surface area contributed by atoms with Crippen LogP contribution in [0.15, 0.2) is 47.4 Å². The molecule has 0 bridgehead atoms. The van der Waals surface area contributed by atoms with Crippen molar-refractivity contribution in [2.24, 2.45) is 0 Å². The van der Waals surface area contributed by atoms with Gasteiger partial charge in [-0.1, -0.05) is 24.3 Å². The molecule has 1 N–H and O–H groups in total. The molecule has 0 aromatic heterocycles. The summed E-state index contributed by atoms with van der Waals surface area (Å²) in [6, 6.07) is 13.2. The summed E-state index contributed by atoms with van der Waals surface area (Å²) >= 11 is 1.43. The molecule has 2 aromatic carbocycles. The molecule has 1 aliphatic rings. The van der Waals surface area contributed by atoms with Gasteiger partial charge < -0.3 is 19.7 Å². The van der Waals surface area contributed by atoms with Gasteiger partial charge in [-0.05, 0) is 18.2 Å². The Morgan fingerprint density at radius 2 is 1.93 bits per heavy atom. The van der Waals surface area contributed by atoms with Crippen LogP contribution in [0.25, 0.3) is 0 Å². The van der Waals surface area contributed by atoms with Gasteiger partial charge in [0.15, 0.2) is 11.5 Å². The van der Waals surface area contributed by atoms with Gasteiger partial charge in [-0.25, -0.2) is 0 Å². The summed E-state index contributed by atoms with van der Waals surface area (Å²) in [5.41, 5.74) is 1.64. The molecule has 1 aliphatic heterocycles. The molecular formula is C20H22N2O4S. The second-order valence-corrected chi connectivity index (χ2v) is 7.44. The normalized spacial score (nSPS) is 15.5. The molecule has 7 heteroatoms. The molecule has 2 amide bonds. The topological polar surface area (TPSA) is 67.9 Å². The van der Waals surface area contributed by atoms with E-state index in [1.165, 1.54) is 11.8 Å². The predicted octanol–water partition coefficient (Wildman–Crippen LogP) is 3.17. The number of ether oxygens (including phenoxy) is 2. The van der Waals surface area contributed by atoms with Crippen molar-refractivity contribution >= 4 is 29.3 Å². The van der Waals surface area contributed by atoms with E-state index in [1.807, 2.05) is 42.5 Å². The maximum absolute atomic E-state index is 12.7. The zero-order valence-electron chi connectivity index (χ0n) is 15.5. The molecule has 0 unspecified atom stereocenters. The van der Waals surface area contributed by atoms with E-state index in [0.29, 0.717) is 18.0 Å². The van der Waals surface area contributed by atoms with Crippen molar-refractivity contribution in [3.63, 3.8) is 0 Å². The number of amides is 2. The van der Waals surface area contributed by atoms with Crippen molar-refractivity contribution < 1.29 is 19.1 Å². The quantitative estimate of drug-likeness (QED) is 0.826. The Balaban J connectivity index is 1.68. The molecule has 0 radical (unpaired) electrons. The molecule has 0 saturated heterocycles. The smallest absolute Gasteiger partial charge is 0.238 e. The molecular weight excluding hydrogens is 364 g/mol. The fraction of sp³-hybridized carbons (Fsp3) is 0.300. The Labute approximate surface area is 162 Å². The number of para-hydroxylation sites is 2. The zero-order chi connectivity index (χ0) is 19.4. The van der Waals surface area contributed by atoms with Gasteiger partial charge in [-0.15, -0.1) is 11.8 Å². The van der Waals surface area contributed by atoms with Crippen LogP contribution < -0.4 is 14.8 Å². The van der Waals surface area contributed by atoms with E-state index < -0.39 is 5.25 Å². The molecule has 27 heavy (non-hydrogen) atoms. The number of carbonyl (C=O) groups is 2. The molecule has 0 aliphatic carbocycles. The Morgan fingerprint density at radius 1 is 1.15 bits per heavy atom. The van der Waals surface area contributed by atoms with E-state index in [9.17, 15) is 9.59 Å². The number of nitrogens with zero attached hydrogens (tertiary/aromatic N) is 1. The molecule has 0 fully saturated rings. The van der Waals surface area contributed by atoms with Crippen LogP contribution in [0.3, 0.4) is 0 Å². The van der Waals surface area contributed by atoms with Gasteiger partial charge in [0.1, 0.15) is 0 Å². The lowest BCUT2D eigenvalue weighted by atomic mass is 10.1. The summed E-state index contributed by atoms with van der Waals surface area (Å²) < 4.78 is 10.7. The van der Waals surface area contributed by atoms with Crippen LogP contribution in [-0.2, 0) is 16.1 Å². The minimum atomic E-state index is -0.443. The maximum atomic E-state index is 12.7. The Morgan fingerprint density at radius 3 is 2.67 bits per heavy atom. The van der Waals surface area contributed by atoms with Crippen molar-refractivity contribution in [2.45, 2.75) is 23.1 Å². The summed E-state index contributed by atoms with van der Waals surface area (Å²) in [5.74, 6) is 0.986. The van der Waals surface area contributed by atoms with Crippen molar-refractivity contribution in [1.29, 1.82) is 0 Å². The second kappa shape index (κ2) is 8.35. The highest BCUT2D eigenvalue weighted by atomic mass is 32.2. The van der Waals surface area contributed by atoms with E-state index in [2.05, 4.69) is 5.32 Å². The molecule has 0 spiro atoms. The maximum Gasteiger partial charge on any atom is 0.238 e. The Kier molecular flexibility index (Phi) is 5.91. The number of nitrogens with one attached hydrogen (secondary N) is 1. The first-order chi connectivity index (χ1) is 13.0. The van der Waals surface area contributed by atoms with Crippen molar-refractivity contribution in [3.05, 3.63) is 48.0 Å². The molecule has 1 atom stereocenters. The molecule has 1 heterocycles. The molecule has 2 aromatic rings. The Bertz CT molecular complexity index is 856. The van der Waals surface area contributed by atoms with Crippen LogP contribution in [0.5, 0.6) is 11.5 Å². The zero-order valence-corrected chi connectivity index (χ0v) is 16.3. The van der Waals surface area contributed by atoms with E-state index >= 15 is 0 Å². The number of benzene rings is 2. The lowest BCUT2D eigenvalue weighted by molar-refractivity contribution is -0.131. The minimum absolute atomic E-state index is 0.105. The molecule has 6 nitrogen and oxygen atoms in total. The molecule has 142 valence electrons. The third-order valence-electron chi connectivity index (χ3n) is 4.38. The number of methoxy groups -OCH3 is 2. The van der Waals surface area contributed by atoms with Crippen molar-refractivity contribution in [1.82, 2.24) is 4.90 Å². The number of carbonyl (C=O) groups excluding carboxylic acids is 2. The van der Waals surface area contributed by atoms with Crippen LogP contribution in [0, 0.1) is 0 Å².